The van der Waals surface area contributed by atoms with Crippen molar-refractivity contribution >= 4 is 28.7 Å². The highest BCUT2D eigenvalue weighted by molar-refractivity contribution is 7.12. The van der Waals surface area contributed by atoms with Crippen molar-refractivity contribution in [3.05, 3.63) is 52.6 Å². The molecule has 3 heterocycles. The first-order valence-electron chi connectivity index (χ1n) is 7.86. The molecule has 0 saturated carbocycles. The van der Waals surface area contributed by atoms with Gasteiger partial charge in [-0.1, -0.05) is 12.1 Å². The Kier molecular flexibility index (Phi) is 5.32. The second-order valence-corrected chi connectivity index (χ2v) is 6.35. The van der Waals surface area contributed by atoms with Crippen molar-refractivity contribution in [2.24, 2.45) is 0 Å². The van der Waals surface area contributed by atoms with Crippen LogP contribution in [0.1, 0.15) is 34.8 Å². The van der Waals surface area contributed by atoms with Gasteiger partial charge in [-0.25, -0.2) is 0 Å². The van der Waals surface area contributed by atoms with E-state index in [0.29, 0.717) is 32.2 Å². The molecule has 0 spiro atoms. The van der Waals surface area contributed by atoms with Crippen LogP contribution in [0.4, 0.5) is 0 Å². The highest BCUT2D eigenvalue weighted by Gasteiger charge is 2.09. The van der Waals surface area contributed by atoms with E-state index in [4.69, 9.17) is 0 Å². The number of pyridine rings is 1. The second kappa shape index (κ2) is 7.83. The summed E-state index contributed by atoms with van der Waals surface area (Å²) in [6.45, 7) is 0.507. The Morgan fingerprint density at radius 1 is 1.12 bits per heavy atom. The Morgan fingerprint density at radius 2 is 2.04 bits per heavy atom. The molecule has 0 aliphatic heterocycles. The monoisotopic (exact) mass is 342 g/mol. The minimum atomic E-state index is -0.0391. The zero-order valence-corrected chi connectivity index (χ0v) is 14.0. The molecule has 1 N–H and O–H groups in total. The number of Topliss-reactive ketones (excluding diaryl/α,β-unsaturated/α-hetero) is 1. The summed E-state index contributed by atoms with van der Waals surface area (Å²) in [5.74, 6) is 0.884. The molecule has 0 saturated heterocycles. The van der Waals surface area contributed by atoms with Gasteiger partial charge in [-0.3, -0.25) is 14.0 Å². The van der Waals surface area contributed by atoms with E-state index in [1.807, 2.05) is 46.3 Å². The maximum absolute atomic E-state index is 11.8. The van der Waals surface area contributed by atoms with E-state index < -0.39 is 0 Å². The normalized spacial score (nSPS) is 10.8. The third-order valence-corrected chi connectivity index (χ3v) is 4.57. The molecule has 0 aromatic carbocycles. The van der Waals surface area contributed by atoms with E-state index in [-0.39, 0.29) is 11.7 Å². The number of aromatic nitrogens is 3. The molecule has 0 atom stereocenters. The van der Waals surface area contributed by atoms with E-state index in [2.05, 4.69) is 15.5 Å². The third kappa shape index (κ3) is 4.05. The standard InChI is InChI=1S/C17H18N4O2S/c22-13(14-6-4-12-24-14)5-3-8-17(23)18-10-9-16-20-19-15-7-1-2-11-21(15)16/h1-2,4,6-7,11-12H,3,5,8-10H2,(H,18,23). The Hall–Kier alpha value is -2.54. The quantitative estimate of drug-likeness (QED) is 0.638. The van der Waals surface area contributed by atoms with Crippen molar-refractivity contribution in [1.82, 2.24) is 19.9 Å². The molecule has 24 heavy (non-hydrogen) atoms. The van der Waals surface area contributed by atoms with Gasteiger partial charge in [-0.15, -0.1) is 21.5 Å². The number of carbonyl (C=O) groups excluding carboxylic acids is 2. The van der Waals surface area contributed by atoms with E-state index in [1.165, 1.54) is 11.3 Å². The topological polar surface area (TPSA) is 76.4 Å². The van der Waals surface area contributed by atoms with Crippen molar-refractivity contribution in [2.75, 3.05) is 6.54 Å². The average Bonchev–Trinajstić information content (AvgIpc) is 3.25. The van der Waals surface area contributed by atoms with Gasteiger partial charge in [0, 0.05) is 32.0 Å². The molecule has 0 unspecified atom stereocenters. The van der Waals surface area contributed by atoms with Crippen LogP contribution in [0, 0.1) is 0 Å². The van der Waals surface area contributed by atoms with Gasteiger partial charge in [-0.05, 0) is 30.0 Å². The molecule has 0 aliphatic carbocycles. The lowest BCUT2D eigenvalue weighted by molar-refractivity contribution is -0.121. The largest absolute Gasteiger partial charge is 0.356 e. The molecule has 7 heteroatoms. The first-order valence-corrected chi connectivity index (χ1v) is 8.74. The number of rotatable bonds is 8. The molecule has 3 aromatic heterocycles. The number of nitrogens with one attached hydrogen (secondary N) is 1. The summed E-state index contributed by atoms with van der Waals surface area (Å²) in [6, 6.07) is 9.39. The van der Waals surface area contributed by atoms with Crippen LogP contribution >= 0.6 is 11.3 Å². The van der Waals surface area contributed by atoms with Crippen LogP contribution in [-0.4, -0.2) is 32.8 Å². The third-order valence-electron chi connectivity index (χ3n) is 3.66. The second-order valence-electron chi connectivity index (χ2n) is 5.40. The predicted molar refractivity (Wildman–Crippen MR) is 92.2 cm³/mol. The first-order chi connectivity index (χ1) is 11.7. The fourth-order valence-electron chi connectivity index (χ4n) is 2.43. The molecule has 124 valence electrons. The Labute approximate surface area is 143 Å². The van der Waals surface area contributed by atoms with Gasteiger partial charge in [0.2, 0.25) is 5.91 Å². The van der Waals surface area contributed by atoms with Gasteiger partial charge >= 0.3 is 0 Å². The predicted octanol–water partition coefficient (Wildman–Crippen LogP) is 2.50. The highest BCUT2D eigenvalue weighted by Crippen LogP contribution is 2.13. The van der Waals surface area contributed by atoms with Gasteiger partial charge < -0.3 is 5.32 Å². The minimum absolute atomic E-state index is 0.0391. The van der Waals surface area contributed by atoms with Crippen LogP contribution in [-0.2, 0) is 11.2 Å². The van der Waals surface area contributed by atoms with E-state index in [0.717, 1.165) is 16.3 Å². The molecule has 1 amide bonds. The lowest BCUT2D eigenvalue weighted by atomic mass is 10.1. The summed E-state index contributed by atoms with van der Waals surface area (Å²) in [5.41, 5.74) is 0.797. The number of hydrogen-bond acceptors (Lipinski definition) is 5. The van der Waals surface area contributed by atoms with Crippen molar-refractivity contribution in [3.63, 3.8) is 0 Å². The average molecular weight is 342 g/mol. The molecule has 0 fully saturated rings. The fourth-order valence-corrected chi connectivity index (χ4v) is 3.13. The maximum atomic E-state index is 11.8. The summed E-state index contributed by atoms with van der Waals surface area (Å²) < 4.78 is 1.91. The van der Waals surface area contributed by atoms with Crippen molar-refractivity contribution < 1.29 is 9.59 Å². The lowest BCUT2D eigenvalue weighted by Crippen LogP contribution is -2.26. The number of carbonyl (C=O) groups is 2. The molecule has 3 rings (SSSR count). The Balaban J connectivity index is 1.37. The van der Waals surface area contributed by atoms with Crippen LogP contribution < -0.4 is 5.32 Å². The van der Waals surface area contributed by atoms with Gasteiger partial charge in [0.1, 0.15) is 5.82 Å². The summed E-state index contributed by atoms with van der Waals surface area (Å²) in [7, 11) is 0. The summed E-state index contributed by atoms with van der Waals surface area (Å²) in [4.78, 5) is 24.4. The van der Waals surface area contributed by atoms with Gasteiger partial charge in [-0.2, -0.15) is 0 Å². The molecular formula is C17H18N4O2S. The lowest BCUT2D eigenvalue weighted by Gasteiger charge is -2.04. The molecule has 0 aliphatic rings. The van der Waals surface area contributed by atoms with Crippen LogP contribution in [0.2, 0.25) is 0 Å². The van der Waals surface area contributed by atoms with Gasteiger partial charge in [0.05, 0.1) is 4.88 Å². The zero-order valence-electron chi connectivity index (χ0n) is 13.1. The SMILES string of the molecule is O=C(CCCC(=O)c1cccs1)NCCc1nnc2ccccn12. The van der Waals surface area contributed by atoms with Crippen molar-refractivity contribution in [3.8, 4) is 0 Å². The number of fused-ring (bicyclic) bond motifs is 1. The Bertz CT molecular complexity index is 826. The Morgan fingerprint density at radius 3 is 2.88 bits per heavy atom. The first kappa shape index (κ1) is 16.3. The highest BCUT2D eigenvalue weighted by atomic mass is 32.1. The number of thiophene rings is 1. The van der Waals surface area contributed by atoms with Crippen LogP contribution in [0.5, 0.6) is 0 Å². The van der Waals surface area contributed by atoms with Crippen LogP contribution in [0.3, 0.4) is 0 Å². The van der Waals surface area contributed by atoms with Crippen molar-refractivity contribution in [1.29, 1.82) is 0 Å². The molecule has 3 aromatic rings. The van der Waals surface area contributed by atoms with Crippen LogP contribution in [0.15, 0.2) is 41.9 Å². The van der Waals surface area contributed by atoms with E-state index in [1.54, 1.807) is 0 Å². The number of amides is 1. The fraction of sp³-hybridized carbons (Fsp3) is 0.294. The number of hydrogen-bond donors (Lipinski definition) is 1. The molecule has 6 nitrogen and oxygen atoms in total. The minimum Gasteiger partial charge on any atom is -0.356 e. The summed E-state index contributed by atoms with van der Waals surface area (Å²) in [5, 5.41) is 12.9. The summed E-state index contributed by atoms with van der Waals surface area (Å²) >= 11 is 1.44. The van der Waals surface area contributed by atoms with Gasteiger partial charge in [0.25, 0.3) is 0 Å². The molecular weight excluding hydrogens is 324 g/mol. The summed E-state index contributed by atoms with van der Waals surface area (Å²) in [6.07, 6.45) is 3.85. The molecule has 0 radical (unpaired) electrons. The number of nitrogens with zero attached hydrogens (tertiary/aromatic N) is 3. The van der Waals surface area contributed by atoms with Crippen molar-refractivity contribution in [2.45, 2.75) is 25.7 Å². The maximum Gasteiger partial charge on any atom is 0.220 e. The smallest absolute Gasteiger partial charge is 0.220 e. The van der Waals surface area contributed by atoms with Gasteiger partial charge in [0.15, 0.2) is 11.4 Å². The van der Waals surface area contributed by atoms with E-state index in [9.17, 15) is 9.59 Å². The van der Waals surface area contributed by atoms with E-state index >= 15 is 0 Å². The zero-order chi connectivity index (χ0) is 16.8. The van der Waals surface area contributed by atoms with Crippen LogP contribution in [0.25, 0.3) is 5.65 Å². The molecule has 0 bridgehead atoms. The number of ketones is 1.